The summed E-state index contributed by atoms with van der Waals surface area (Å²) in [6.45, 7) is 8.22. The number of amides is 1. The van der Waals surface area contributed by atoms with Crippen LogP contribution in [-0.2, 0) is 11.3 Å². The Hall–Kier alpha value is -2.22. The molecule has 1 amide bonds. The molecule has 1 N–H and O–H groups in total. The first kappa shape index (κ1) is 21.0. The van der Waals surface area contributed by atoms with Gasteiger partial charge in [0.15, 0.2) is 0 Å². The summed E-state index contributed by atoms with van der Waals surface area (Å²) in [4.78, 5) is 17.9. The van der Waals surface area contributed by atoms with Gasteiger partial charge in [0.2, 0.25) is 0 Å². The first-order valence-corrected chi connectivity index (χ1v) is 11.0. The van der Waals surface area contributed by atoms with Crippen molar-refractivity contribution in [3.05, 3.63) is 53.3 Å². The van der Waals surface area contributed by atoms with Crippen LogP contribution in [0.1, 0.15) is 47.4 Å². The molecule has 2 aromatic rings. The number of carbonyl (C=O) groups is 1. The van der Waals surface area contributed by atoms with Crippen molar-refractivity contribution in [2.45, 2.75) is 51.5 Å². The van der Waals surface area contributed by atoms with Crippen LogP contribution in [0.2, 0.25) is 0 Å². The number of hydrogen-bond donors (Lipinski definition) is 1. The largest absolute Gasteiger partial charge is 0.393 e. The average molecular weight is 413 g/mol. The van der Waals surface area contributed by atoms with Crippen LogP contribution in [0, 0.1) is 6.92 Å². The number of hydrogen-bond acceptors (Lipinski definition) is 5. The Morgan fingerprint density at radius 1 is 1.20 bits per heavy atom. The molecular formula is C23H32N4O3. The predicted octanol–water partition coefficient (Wildman–Crippen LogP) is 2.25. The van der Waals surface area contributed by atoms with Crippen LogP contribution in [0.3, 0.4) is 0 Å². The first-order chi connectivity index (χ1) is 14.6. The smallest absolute Gasteiger partial charge is 0.258 e. The second-order valence-corrected chi connectivity index (χ2v) is 8.28. The lowest BCUT2D eigenvalue weighted by molar-refractivity contribution is -0.0770. The van der Waals surface area contributed by atoms with Gasteiger partial charge in [-0.15, -0.1) is 0 Å². The van der Waals surface area contributed by atoms with Gasteiger partial charge in [-0.05, 0) is 32.3 Å². The van der Waals surface area contributed by atoms with E-state index in [-0.39, 0.29) is 24.2 Å². The van der Waals surface area contributed by atoms with Gasteiger partial charge in [0.25, 0.3) is 5.91 Å². The summed E-state index contributed by atoms with van der Waals surface area (Å²) in [6.07, 6.45) is 3.13. The van der Waals surface area contributed by atoms with E-state index < -0.39 is 0 Å². The molecule has 7 heteroatoms. The van der Waals surface area contributed by atoms with Gasteiger partial charge in [-0.25, -0.2) is 0 Å². The number of ether oxygens (including phenoxy) is 1. The molecule has 2 atom stereocenters. The number of aryl methyl sites for hydroxylation is 2. The van der Waals surface area contributed by atoms with Crippen LogP contribution in [0.15, 0.2) is 36.5 Å². The molecule has 30 heavy (non-hydrogen) atoms. The fourth-order valence-electron chi connectivity index (χ4n) is 4.56. The van der Waals surface area contributed by atoms with E-state index in [1.165, 1.54) is 0 Å². The second-order valence-electron chi connectivity index (χ2n) is 8.28. The molecule has 0 bridgehead atoms. The van der Waals surface area contributed by atoms with E-state index in [0.29, 0.717) is 18.7 Å². The quantitative estimate of drug-likeness (QED) is 0.816. The van der Waals surface area contributed by atoms with E-state index in [2.05, 4.69) is 22.1 Å². The SMILES string of the molecule is CCn1cc(C(=O)N2CCO[C@@H](CN3CCC(O)CC3)[C@@H]2c2ccccc2)c(C)n1. The monoisotopic (exact) mass is 412 g/mol. The molecule has 2 aliphatic rings. The van der Waals surface area contributed by atoms with Crippen LogP contribution >= 0.6 is 0 Å². The third-order valence-corrected chi connectivity index (χ3v) is 6.25. The zero-order chi connectivity index (χ0) is 21.1. The van der Waals surface area contributed by atoms with Gasteiger partial charge in [0, 0.05) is 38.9 Å². The third kappa shape index (κ3) is 4.43. The van der Waals surface area contributed by atoms with Crippen molar-refractivity contribution >= 4 is 5.91 Å². The minimum atomic E-state index is -0.199. The predicted molar refractivity (Wildman–Crippen MR) is 114 cm³/mol. The lowest BCUT2D eigenvalue weighted by Gasteiger charge is -2.44. The lowest BCUT2D eigenvalue weighted by atomic mass is 9.96. The number of aliphatic hydroxyl groups excluding tert-OH is 1. The molecule has 0 spiro atoms. The van der Waals surface area contributed by atoms with Gasteiger partial charge in [-0.1, -0.05) is 30.3 Å². The number of piperidine rings is 1. The minimum Gasteiger partial charge on any atom is -0.393 e. The van der Waals surface area contributed by atoms with Crippen molar-refractivity contribution in [1.29, 1.82) is 0 Å². The summed E-state index contributed by atoms with van der Waals surface area (Å²) in [5.41, 5.74) is 2.52. The van der Waals surface area contributed by atoms with Gasteiger partial charge in [-0.3, -0.25) is 9.48 Å². The van der Waals surface area contributed by atoms with Crippen LogP contribution < -0.4 is 0 Å². The third-order valence-electron chi connectivity index (χ3n) is 6.25. The van der Waals surface area contributed by atoms with Gasteiger partial charge in [0.1, 0.15) is 0 Å². The molecule has 0 unspecified atom stereocenters. The van der Waals surface area contributed by atoms with Crippen LogP contribution in [-0.4, -0.2) is 75.6 Å². The molecule has 4 rings (SSSR count). The minimum absolute atomic E-state index is 0.0171. The Bertz CT molecular complexity index is 845. The summed E-state index contributed by atoms with van der Waals surface area (Å²) in [5.74, 6) is 0.0171. The fourth-order valence-corrected chi connectivity index (χ4v) is 4.56. The highest BCUT2D eigenvalue weighted by atomic mass is 16.5. The number of aromatic nitrogens is 2. The van der Waals surface area contributed by atoms with Gasteiger partial charge < -0.3 is 19.6 Å². The molecule has 0 aliphatic carbocycles. The molecule has 1 aromatic heterocycles. The van der Waals surface area contributed by atoms with Crippen LogP contribution in [0.5, 0.6) is 0 Å². The van der Waals surface area contributed by atoms with E-state index in [1.807, 2.05) is 47.8 Å². The van der Waals surface area contributed by atoms with Crippen LogP contribution in [0.4, 0.5) is 0 Å². The fraction of sp³-hybridized carbons (Fsp3) is 0.565. The molecule has 2 aliphatic heterocycles. The Labute approximate surface area is 178 Å². The van der Waals surface area contributed by atoms with Crippen molar-refractivity contribution in [2.24, 2.45) is 0 Å². The number of likely N-dealkylation sites (tertiary alicyclic amines) is 1. The van der Waals surface area contributed by atoms with Crippen molar-refractivity contribution in [3.8, 4) is 0 Å². The average Bonchev–Trinajstić information content (AvgIpc) is 3.16. The first-order valence-electron chi connectivity index (χ1n) is 11.0. The van der Waals surface area contributed by atoms with E-state index in [9.17, 15) is 9.90 Å². The second kappa shape index (κ2) is 9.29. The number of nitrogens with zero attached hydrogens (tertiary/aromatic N) is 4. The highest BCUT2D eigenvalue weighted by Crippen LogP contribution is 2.32. The molecule has 162 valence electrons. The Kier molecular flexibility index (Phi) is 6.51. The summed E-state index contributed by atoms with van der Waals surface area (Å²) >= 11 is 0. The highest BCUT2D eigenvalue weighted by Gasteiger charge is 2.38. The Morgan fingerprint density at radius 3 is 2.60 bits per heavy atom. The molecule has 3 heterocycles. The molecular weight excluding hydrogens is 380 g/mol. The topological polar surface area (TPSA) is 70.8 Å². The van der Waals surface area contributed by atoms with Gasteiger partial charge >= 0.3 is 0 Å². The van der Waals surface area contributed by atoms with E-state index >= 15 is 0 Å². The molecule has 2 fully saturated rings. The van der Waals surface area contributed by atoms with Crippen molar-refractivity contribution in [1.82, 2.24) is 19.6 Å². The molecule has 0 saturated carbocycles. The van der Waals surface area contributed by atoms with Crippen molar-refractivity contribution in [3.63, 3.8) is 0 Å². The highest BCUT2D eigenvalue weighted by molar-refractivity contribution is 5.95. The van der Waals surface area contributed by atoms with Crippen molar-refractivity contribution in [2.75, 3.05) is 32.8 Å². The maximum atomic E-state index is 13.6. The zero-order valence-electron chi connectivity index (χ0n) is 17.9. The van der Waals surface area contributed by atoms with Gasteiger partial charge in [0.05, 0.1) is 36.1 Å². The van der Waals surface area contributed by atoms with Crippen molar-refractivity contribution < 1.29 is 14.6 Å². The summed E-state index contributed by atoms with van der Waals surface area (Å²) in [6, 6.07) is 10.0. The summed E-state index contributed by atoms with van der Waals surface area (Å²) < 4.78 is 8.05. The lowest BCUT2D eigenvalue weighted by Crippen LogP contribution is -2.52. The number of carbonyl (C=O) groups excluding carboxylic acids is 1. The van der Waals surface area contributed by atoms with Crippen LogP contribution in [0.25, 0.3) is 0 Å². The van der Waals surface area contributed by atoms with Gasteiger partial charge in [-0.2, -0.15) is 5.10 Å². The number of benzene rings is 1. The summed E-state index contributed by atoms with van der Waals surface area (Å²) in [5, 5.41) is 14.3. The normalized spacial score (nSPS) is 23.6. The maximum Gasteiger partial charge on any atom is 0.258 e. The Morgan fingerprint density at radius 2 is 1.93 bits per heavy atom. The zero-order valence-corrected chi connectivity index (χ0v) is 17.9. The maximum absolute atomic E-state index is 13.6. The standard InChI is InChI=1S/C23H32N4O3/c1-3-26-15-20(17(2)24-26)23(29)27-13-14-30-21(16-25-11-9-19(28)10-12-25)22(27)18-7-5-4-6-8-18/h4-8,15,19,21-22,28H,3,9-14,16H2,1-2H3/t21-,22-/m0/s1. The van der Waals surface area contributed by atoms with E-state index in [0.717, 1.165) is 50.3 Å². The summed E-state index contributed by atoms with van der Waals surface area (Å²) in [7, 11) is 0. The molecule has 1 aromatic carbocycles. The molecule has 2 saturated heterocycles. The number of aliphatic hydroxyl groups is 1. The van der Waals surface area contributed by atoms with E-state index in [4.69, 9.17) is 4.74 Å². The van der Waals surface area contributed by atoms with E-state index in [1.54, 1.807) is 0 Å². The number of morpholine rings is 1. The molecule has 7 nitrogen and oxygen atoms in total. The Balaban J connectivity index is 1.61. The molecule has 0 radical (unpaired) electrons. The number of rotatable bonds is 5.